The van der Waals surface area contributed by atoms with Crippen molar-refractivity contribution in [3.8, 4) is 0 Å². The van der Waals surface area contributed by atoms with Gasteiger partial charge in [0.2, 0.25) is 0 Å². The van der Waals surface area contributed by atoms with Crippen LogP contribution in [0.5, 0.6) is 0 Å². The van der Waals surface area contributed by atoms with Crippen molar-refractivity contribution in [1.29, 1.82) is 0 Å². The molecule has 2 rings (SSSR count). The van der Waals surface area contributed by atoms with Gasteiger partial charge in [0.1, 0.15) is 0 Å². The van der Waals surface area contributed by atoms with Crippen LogP contribution < -0.4 is 0 Å². The molecule has 0 bridgehead atoms. The minimum Gasteiger partial charge on any atom is -0.481 e. The Morgan fingerprint density at radius 1 is 1.19 bits per heavy atom. The monoisotopic (exact) mass is 296 g/mol. The average molecular weight is 296 g/mol. The van der Waals surface area contributed by atoms with Crippen molar-refractivity contribution >= 4 is 5.97 Å². The minimum atomic E-state index is -0.646. The summed E-state index contributed by atoms with van der Waals surface area (Å²) in [5.74, 6) is -0.357. The first-order valence-electron chi connectivity index (χ1n) is 8.65. The zero-order valence-electron chi connectivity index (χ0n) is 14.0. The molecule has 2 fully saturated rings. The lowest BCUT2D eigenvalue weighted by atomic mass is 9.74. The maximum Gasteiger partial charge on any atom is 0.309 e. The van der Waals surface area contributed by atoms with Gasteiger partial charge in [-0.1, -0.05) is 6.92 Å². The van der Waals surface area contributed by atoms with Crippen molar-refractivity contribution < 1.29 is 9.90 Å². The number of carboxylic acid groups (broad SMARTS) is 1. The standard InChI is InChI=1S/C17H32N2O2/c1-4-9-18-11-7-15(8-12-18)19-10-5-6-14(13-19)17(2,3)16(20)21/h14-15H,4-13H2,1-3H3,(H,20,21). The third-order valence-electron chi connectivity index (χ3n) is 5.64. The van der Waals surface area contributed by atoms with Crippen LogP contribution in [0.3, 0.4) is 0 Å². The highest BCUT2D eigenvalue weighted by atomic mass is 16.4. The number of carboxylic acids is 1. The first kappa shape index (κ1) is 16.8. The molecule has 1 N–H and O–H groups in total. The molecule has 4 heteroatoms. The molecule has 21 heavy (non-hydrogen) atoms. The Hall–Kier alpha value is -0.610. The van der Waals surface area contributed by atoms with Crippen molar-refractivity contribution in [2.75, 3.05) is 32.7 Å². The second-order valence-electron chi connectivity index (χ2n) is 7.43. The molecular weight excluding hydrogens is 264 g/mol. The van der Waals surface area contributed by atoms with Crippen LogP contribution in [0.1, 0.15) is 52.9 Å². The number of carbonyl (C=O) groups is 1. The second kappa shape index (κ2) is 7.10. The topological polar surface area (TPSA) is 43.8 Å². The predicted molar refractivity (Wildman–Crippen MR) is 85.5 cm³/mol. The molecule has 0 spiro atoms. The maximum absolute atomic E-state index is 11.5. The second-order valence-corrected chi connectivity index (χ2v) is 7.43. The summed E-state index contributed by atoms with van der Waals surface area (Å²) in [5, 5.41) is 9.46. The fourth-order valence-corrected chi connectivity index (χ4v) is 3.93. The van der Waals surface area contributed by atoms with E-state index in [4.69, 9.17) is 0 Å². The van der Waals surface area contributed by atoms with Gasteiger partial charge in [-0.25, -0.2) is 0 Å². The summed E-state index contributed by atoms with van der Waals surface area (Å²) in [6.07, 6.45) is 5.95. The lowest BCUT2D eigenvalue weighted by molar-refractivity contribution is -0.151. The average Bonchev–Trinajstić information content (AvgIpc) is 2.48. The summed E-state index contributed by atoms with van der Waals surface area (Å²) in [7, 11) is 0. The van der Waals surface area contributed by atoms with Gasteiger partial charge in [-0.05, 0) is 78.0 Å². The Bertz CT molecular complexity index is 349. The van der Waals surface area contributed by atoms with E-state index < -0.39 is 11.4 Å². The van der Waals surface area contributed by atoms with Crippen LogP contribution >= 0.6 is 0 Å². The molecule has 0 aromatic heterocycles. The summed E-state index contributed by atoms with van der Waals surface area (Å²) in [6, 6.07) is 0.672. The first-order chi connectivity index (χ1) is 9.95. The first-order valence-corrected chi connectivity index (χ1v) is 8.65. The Balaban J connectivity index is 1.89. The Labute approximate surface area is 129 Å². The van der Waals surface area contributed by atoms with Gasteiger partial charge >= 0.3 is 5.97 Å². The molecule has 2 heterocycles. The van der Waals surface area contributed by atoms with E-state index in [1.807, 2.05) is 13.8 Å². The van der Waals surface area contributed by atoms with Gasteiger partial charge in [-0.15, -0.1) is 0 Å². The van der Waals surface area contributed by atoms with Gasteiger partial charge in [0, 0.05) is 12.6 Å². The van der Waals surface area contributed by atoms with Crippen LogP contribution in [0.25, 0.3) is 0 Å². The van der Waals surface area contributed by atoms with E-state index in [1.165, 1.54) is 38.9 Å². The zero-order valence-corrected chi connectivity index (χ0v) is 14.0. The number of hydrogen-bond acceptors (Lipinski definition) is 3. The SMILES string of the molecule is CCCN1CCC(N2CCCC(C(C)(C)C(=O)O)C2)CC1. The lowest BCUT2D eigenvalue weighted by Gasteiger charge is -2.45. The highest BCUT2D eigenvalue weighted by Crippen LogP contribution is 2.35. The molecule has 0 aliphatic carbocycles. The number of likely N-dealkylation sites (tertiary alicyclic amines) is 2. The van der Waals surface area contributed by atoms with Gasteiger partial charge in [-0.2, -0.15) is 0 Å². The third-order valence-corrected chi connectivity index (χ3v) is 5.64. The molecule has 0 aromatic rings. The Morgan fingerprint density at radius 2 is 1.86 bits per heavy atom. The van der Waals surface area contributed by atoms with Crippen molar-refractivity contribution in [1.82, 2.24) is 9.80 Å². The number of nitrogens with zero attached hydrogens (tertiary/aromatic N) is 2. The molecular formula is C17H32N2O2. The molecule has 122 valence electrons. The molecule has 1 atom stereocenters. The van der Waals surface area contributed by atoms with Crippen LogP contribution in [0, 0.1) is 11.3 Å². The van der Waals surface area contributed by atoms with Crippen molar-refractivity contribution in [3.63, 3.8) is 0 Å². The van der Waals surface area contributed by atoms with Gasteiger partial charge in [-0.3, -0.25) is 9.69 Å². The minimum absolute atomic E-state index is 0.289. The molecule has 0 amide bonds. The molecule has 0 radical (unpaired) electrons. The number of rotatable bonds is 5. The van der Waals surface area contributed by atoms with E-state index in [9.17, 15) is 9.90 Å². The molecule has 4 nitrogen and oxygen atoms in total. The molecule has 2 aliphatic rings. The largest absolute Gasteiger partial charge is 0.481 e. The van der Waals surface area contributed by atoms with Crippen molar-refractivity contribution in [2.24, 2.45) is 11.3 Å². The highest BCUT2D eigenvalue weighted by Gasteiger charge is 2.40. The normalized spacial score (nSPS) is 26.9. The van der Waals surface area contributed by atoms with Crippen LogP contribution in [0.4, 0.5) is 0 Å². The number of hydrogen-bond donors (Lipinski definition) is 1. The van der Waals surface area contributed by atoms with Crippen molar-refractivity contribution in [3.05, 3.63) is 0 Å². The summed E-state index contributed by atoms with van der Waals surface area (Å²) in [5.41, 5.74) is -0.596. The van der Waals surface area contributed by atoms with E-state index >= 15 is 0 Å². The van der Waals surface area contributed by atoms with Gasteiger partial charge in [0.25, 0.3) is 0 Å². The Kier molecular flexibility index (Phi) is 5.67. The third kappa shape index (κ3) is 3.98. The smallest absolute Gasteiger partial charge is 0.309 e. The van der Waals surface area contributed by atoms with Crippen LogP contribution in [0.15, 0.2) is 0 Å². The summed E-state index contributed by atoms with van der Waals surface area (Å²) in [4.78, 5) is 16.6. The van der Waals surface area contributed by atoms with E-state index in [1.54, 1.807) is 0 Å². The summed E-state index contributed by atoms with van der Waals surface area (Å²) < 4.78 is 0. The Morgan fingerprint density at radius 3 is 2.43 bits per heavy atom. The fraction of sp³-hybridized carbons (Fsp3) is 0.941. The van der Waals surface area contributed by atoms with Crippen LogP contribution in [-0.2, 0) is 4.79 Å². The molecule has 1 unspecified atom stereocenters. The summed E-state index contributed by atoms with van der Waals surface area (Å²) in [6.45, 7) is 11.8. The highest BCUT2D eigenvalue weighted by molar-refractivity contribution is 5.74. The quantitative estimate of drug-likeness (QED) is 0.847. The van der Waals surface area contributed by atoms with Crippen LogP contribution in [-0.4, -0.2) is 59.6 Å². The fourth-order valence-electron chi connectivity index (χ4n) is 3.93. The molecule has 2 aliphatic heterocycles. The molecule has 2 saturated heterocycles. The van der Waals surface area contributed by atoms with Crippen LogP contribution in [0.2, 0.25) is 0 Å². The van der Waals surface area contributed by atoms with E-state index in [2.05, 4.69) is 16.7 Å². The van der Waals surface area contributed by atoms with Gasteiger partial charge in [0.05, 0.1) is 5.41 Å². The van der Waals surface area contributed by atoms with E-state index in [-0.39, 0.29) is 5.92 Å². The summed E-state index contributed by atoms with van der Waals surface area (Å²) >= 11 is 0. The predicted octanol–water partition coefficient (Wildman–Crippen LogP) is 2.68. The number of piperidine rings is 2. The molecule has 0 saturated carbocycles. The van der Waals surface area contributed by atoms with E-state index in [0.29, 0.717) is 6.04 Å². The van der Waals surface area contributed by atoms with Gasteiger partial charge < -0.3 is 10.0 Å². The van der Waals surface area contributed by atoms with Gasteiger partial charge in [0.15, 0.2) is 0 Å². The zero-order chi connectivity index (χ0) is 15.5. The van der Waals surface area contributed by atoms with E-state index in [0.717, 1.165) is 25.9 Å². The molecule has 0 aromatic carbocycles. The lowest BCUT2D eigenvalue weighted by Crippen LogP contribution is -2.51. The van der Waals surface area contributed by atoms with Crippen molar-refractivity contribution in [2.45, 2.75) is 58.9 Å². The maximum atomic E-state index is 11.5. The number of aliphatic carboxylic acids is 1.